The minimum Gasteiger partial charge on any atom is -0.336 e. The number of amides is 2. The van der Waals surface area contributed by atoms with Crippen molar-refractivity contribution in [1.82, 2.24) is 24.2 Å². The zero-order chi connectivity index (χ0) is 20.2. The van der Waals surface area contributed by atoms with E-state index in [0.29, 0.717) is 18.8 Å². The predicted molar refractivity (Wildman–Crippen MR) is 106 cm³/mol. The predicted octanol–water partition coefficient (Wildman–Crippen LogP) is 1.79. The van der Waals surface area contributed by atoms with Crippen molar-refractivity contribution in [2.24, 2.45) is 7.05 Å². The number of nitrogens with zero attached hydrogens (tertiary/aromatic N) is 5. The average Bonchev–Trinajstić information content (AvgIpc) is 3.45. The normalized spacial score (nSPS) is 22.9. The van der Waals surface area contributed by atoms with Crippen molar-refractivity contribution in [2.75, 3.05) is 11.9 Å². The second-order valence-electron chi connectivity index (χ2n) is 7.76. The van der Waals surface area contributed by atoms with Gasteiger partial charge in [-0.15, -0.1) is 0 Å². The number of hydrogen-bond acceptors (Lipinski definition) is 4. The third kappa shape index (κ3) is 2.52. The van der Waals surface area contributed by atoms with Crippen LogP contribution in [0, 0.1) is 6.92 Å². The van der Waals surface area contributed by atoms with Crippen LogP contribution in [0.1, 0.15) is 29.5 Å². The second kappa shape index (κ2) is 6.30. The third-order valence-electron chi connectivity index (χ3n) is 6.08. The Kier molecular flexibility index (Phi) is 3.84. The summed E-state index contributed by atoms with van der Waals surface area (Å²) in [5.41, 5.74) is 1.77. The molecular formula is C21H22N6O2. The van der Waals surface area contributed by atoms with Gasteiger partial charge in [0.2, 0.25) is 11.8 Å². The van der Waals surface area contributed by atoms with E-state index in [-0.39, 0.29) is 18.4 Å². The fourth-order valence-corrected chi connectivity index (χ4v) is 4.74. The molecule has 1 fully saturated rings. The van der Waals surface area contributed by atoms with Gasteiger partial charge in [0, 0.05) is 37.9 Å². The number of fused-ring (bicyclic) bond motifs is 2. The molecule has 0 radical (unpaired) electrons. The topological polar surface area (TPSA) is 85.0 Å². The third-order valence-corrected chi connectivity index (χ3v) is 6.08. The molecule has 0 aliphatic carbocycles. The van der Waals surface area contributed by atoms with Gasteiger partial charge in [0.1, 0.15) is 23.8 Å². The molecule has 0 unspecified atom stereocenters. The van der Waals surface area contributed by atoms with Crippen molar-refractivity contribution in [3.63, 3.8) is 0 Å². The zero-order valence-corrected chi connectivity index (χ0v) is 16.4. The summed E-state index contributed by atoms with van der Waals surface area (Å²) < 4.78 is 3.53. The summed E-state index contributed by atoms with van der Waals surface area (Å²) in [7, 11) is 1.90. The number of carbonyl (C=O) groups excluding carboxylic acids is 2. The Bertz CT molecular complexity index is 1120. The van der Waals surface area contributed by atoms with Crippen LogP contribution in [0.5, 0.6) is 0 Å². The van der Waals surface area contributed by atoms with Crippen molar-refractivity contribution in [1.29, 1.82) is 0 Å². The maximum atomic E-state index is 13.3. The fourth-order valence-electron chi connectivity index (χ4n) is 4.74. The Balaban J connectivity index is 1.60. The van der Waals surface area contributed by atoms with E-state index in [9.17, 15) is 9.59 Å². The molecule has 29 heavy (non-hydrogen) atoms. The molecule has 2 aliphatic heterocycles. The SMILES string of the molecule is Cc1ccn(CC(=O)N2CC[C@]3(C(=O)Nc4ccccc43)[C@@H]2c2nccn2C)n1. The highest BCUT2D eigenvalue weighted by atomic mass is 16.2. The lowest BCUT2D eigenvalue weighted by Gasteiger charge is -2.33. The number of anilines is 1. The summed E-state index contributed by atoms with van der Waals surface area (Å²) >= 11 is 0. The quantitative estimate of drug-likeness (QED) is 0.739. The van der Waals surface area contributed by atoms with Crippen LogP contribution < -0.4 is 5.32 Å². The first-order valence-corrected chi connectivity index (χ1v) is 9.68. The monoisotopic (exact) mass is 390 g/mol. The summed E-state index contributed by atoms with van der Waals surface area (Å²) in [5.74, 6) is 0.562. The highest BCUT2D eigenvalue weighted by molar-refractivity contribution is 6.07. The Hall–Kier alpha value is -3.42. The number of rotatable bonds is 3. The molecule has 8 nitrogen and oxygen atoms in total. The van der Waals surface area contributed by atoms with Gasteiger partial charge >= 0.3 is 0 Å². The van der Waals surface area contributed by atoms with Crippen LogP contribution in [0.3, 0.4) is 0 Å². The van der Waals surface area contributed by atoms with Crippen molar-refractivity contribution in [3.8, 4) is 0 Å². The van der Waals surface area contributed by atoms with Crippen LogP contribution in [0.2, 0.25) is 0 Å². The van der Waals surface area contributed by atoms with Crippen molar-refractivity contribution >= 4 is 17.5 Å². The minimum absolute atomic E-state index is 0.0723. The van der Waals surface area contributed by atoms with Gasteiger partial charge in [-0.25, -0.2) is 4.98 Å². The molecule has 0 saturated carbocycles. The lowest BCUT2D eigenvalue weighted by Crippen LogP contribution is -2.44. The van der Waals surface area contributed by atoms with Gasteiger partial charge in [0.15, 0.2) is 0 Å². The highest BCUT2D eigenvalue weighted by Crippen LogP contribution is 2.54. The van der Waals surface area contributed by atoms with Crippen molar-refractivity contribution in [2.45, 2.75) is 31.3 Å². The molecule has 1 saturated heterocycles. The van der Waals surface area contributed by atoms with E-state index in [2.05, 4.69) is 15.4 Å². The molecule has 3 aromatic rings. The van der Waals surface area contributed by atoms with Gasteiger partial charge in [-0.05, 0) is 31.0 Å². The van der Waals surface area contributed by atoms with Gasteiger partial charge < -0.3 is 14.8 Å². The number of para-hydroxylation sites is 1. The van der Waals surface area contributed by atoms with Crippen LogP contribution in [-0.2, 0) is 28.6 Å². The fraction of sp³-hybridized carbons (Fsp3) is 0.333. The van der Waals surface area contributed by atoms with E-state index < -0.39 is 11.5 Å². The molecule has 4 heterocycles. The first-order chi connectivity index (χ1) is 14.0. The summed E-state index contributed by atoms with van der Waals surface area (Å²) in [6.07, 6.45) is 5.91. The summed E-state index contributed by atoms with van der Waals surface area (Å²) in [6.45, 7) is 2.51. The number of benzene rings is 1. The number of aryl methyl sites for hydroxylation is 2. The molecule has 1 aromatic carbocycles. The van der Waals surface area contributed by atoms with Crippen molar-refractivity contribution < 1.29 is 9.59 Å². The molecule has 148 valence electrons. The Morgan fingerprint density at radius 2 is 2.10 bits per heavy atom. The van der Waals surface area contributed by atoms with Crippen LogP contribution >= 0.6 is 0 Å². The standard InChI is InChI=1S/C21H22N6O2/c1-14-7-10-26(24-14)13-17(28)27-11-8-21(18(27)19-22-9-12-25(19)2)15-5-3-4-6-16(15)23-20(21)29/h3-7,9-10,12,18H,8,11,13H2,1-2H3,(H,23,29)/t18-,21+/m0/s1. The minimum atomic E-state index is -0.842. The van der Waals surface area contributed by atoms with Crippen LogP contribution in [0.4, 0.5) is 5.69 Å². The van der Waals surface area contributed by atoms with E-state index in [1.807, 2.05) is 55.1 Å². The van der Waals surface area contributed by atoms with E-state index in [0.717, 1.165) is 16.9 Å². The van der Waals surface area contributed by atoms with Crippen molar-refractivity contribution in [3.05, 3.63) is 66.0 Å². The molecule has 2 aromatic heterocycles. The maximum Gasteiger partial charge on any atom is 0.244 e. The van der Waals surface area contributed by atoms with Crippen LogP contribution in [0.15, 0.2) is 48.9 Å². The van der Waals surface area contributed by atoms with Gasteiger partial charge in [0.25, 0.3) is 0 Å². The molecule has 1 N–H and O–H groups in total. The number of hydrogen-bond donors (Lipinski definition) is 1. The Morgan fingerprint density at radius 1 is 1.28 bits per heavy atom. The second-order valence-corrected chi connectivity index (χ2v) is 7.76. The number of aromatic nitrogens is 4. The molecule has 0 bridgehead atoms. The summed E-state index contributed by atoms with van der Waals surface area (Å²) in [6, 6.07) is 9.13. The van der Waals surface area contributed by atoms with E-state index in [1.165, 1.54) is 0 Å². The molecule has 8 heteroatoms. The lowest BCUT2D eigenvalue weighted by molar-refractivity contribution is -0.134. The molecule has 2 aliphatic rings. The van der Waals surface area contributed by atoms with Gasteiger partial charge in [-0.2, -0.15) is 5.10 Å². The van der Waals surface area contributed by atoms with Crippen LogP contribution in [0.25, 0.3) is 0 Å². The largest absolute Gasteiger partial charge is 0.336 e. The number of likely N-dealkylation sites (tertiary alicyclic amines) is 1. The Morgan fingerprint density at radius 3 is 2.83 bits per heavy atom. The van der Waals surface area contributed by atoms with Gasteiger partial charge in [-0.3, -0.25) is 14.3 Å². The van der Waals surface area contributed by atoms with E-state index in [4.69, 9.17) is 0 Å². The zero-order valence-electron chi connectivity index (χ0n) is 16.4. The first-order valence-electron chi connectivity index (χ1n) is 9.68. The molecule has 2 atom stereocenters. The average molecular weight is 390 g/mol. The van der Waals surface area contributed by atoms with E-state index >= 15 is 0 Å². The highest BCUT2D eigenvalue weighted by Gasteiger charge is 2.60. The lowest BCUT2D eigenvalue weighted by atomic mass is 9.74. The first kappa shape index (κ1) is 17.7. The van der Waals surface area contributed by atoms with Gasteiger partial charge in [0.05, 0.1) is 5.69 Å². The summed E-state index contributed by atoms with van der Waals surface area (Å²) in [4.78, 5) is 32.9. The molecular weight excluding hydrogens is 368 g/mol. The Labute approximate surface area is 168 Å². The number of carbonyl (C=O) groups is 2. The number of nitrogens with one attached hydrogen (secondary N) is 1. The van der Waals surface area contributed by atoms with E-state index in [1.54, 1.807) is 22.0 Å². The molecule has 5 rings (SSSR count). The van der Waals surface area contributed by atoms with Gasteiger partial charge in [-0.1, -0.05) is 18.2 Å². The number of imidazole rings is 1. The smallest absolute Gasteiger partial charge is 0.244 e. The molecule has 2 amide bonds. The maximum absolute atomic E-state index is 13.3. The molecule has 1 spiro atoms. The summed E-state index contributed by atoms with van der Waals surface area (Å²) in [5, 5.41) is 7.36. The van der Waals surface area contributed by atoms with Crippen LogP contribution in [-0.4, -0.2) is 42.6 Å².